The number of hydrogen-bond donors (Lipinski definition) is 1. The minimum absolute atomic E-state index is 0.0284. The van der Waals surface area contributed by atoms with Crippen molar-refractivity contribution in [2.45, 2.75) is 38.6 Å². The van der Waals surface area contributed by atoms with E-state index in [0.29, 0.717) is 11.9 Å². The zero-order valence-electron chi connectivity index (χ0n) is 13.6. The van der Waals surface area contributed by atoms with Crippen LogP contribution in [0, 0.1) is 0 Å². The number of aromatic nitrogens is 1. The number of hydrogen-bond acceptors (Lipinski definition) is 2. The van der Waals surface area contributed by atoms with Crippen LogP contribution in [0.3, 0.4) is 0 Å². The Balaban J connectivity index is 1.64. The molecule has 0 bridgehead atoms. The SMILES string of the molecule is O=C(Cn1ccc(=O)c2cc(Br)ccc21)NCCC1=CCCCC1. The zero-order valence-corrected chi connectivity index (χ0v) is 15.1. The number of halogens is 1. The van der Waals surface area contributed by atoms with Gasteiger partial charge in [0.25, 0.3) is 0 Å². The molecule has 24 heavy (non-hydrogen) atoms. The molecule has 5 heteroatoms. The van der Waals surface area contributed by atoms with E-state index in [-0.39, 0.29) is 17.9 Å². The molecule has 0 unspecified atom stereocenters. The van der Waals surface area contributed by atoms with Gasteiger partial charge in [0.15, 0.2) is 5.43 Å². The molecule has 0 aliphatic heterocycles. The van der Waals surface area contributed by atoms with E-state index in [1.54, 1.807) is 12.3 Å². The van der Waals surface area contributed by atoms with E-state index in [9.17, 15) is 9.59 Å². The number of fused-ring (bicyclic) bond motifs is 1. The van der Waals surface area contributed by atoms with Crippen LogP contribution in [0.1, 0.15) is 32.1 Å². The molecule has 0 saturated carbocycles. The molecule has 4 nitrogen and oxygen atoms in total. The molecular weight excluding hydrogens is 368 g/mol. The zero-order chi connectivity index (χ0) is 16.9. The largest absolute Gasteiger partial charge is 0.354 e. The Morgan fingerprint density at radius 1 is 1.25 bits per heavy atom. The summed E-state index contributed by atoms with van der Waals surface area (Å²) in [6.45, 7) is 0.895. The van der Waals surface area contributed by atoms with Crippen LogP contribution in [0.4, 0.5) is 0 Å². The van der Waals surface area contributed by atoms with Gasteiger partial charge >= 0.3 is 0 Å². The third-order valence-electron chi connectivity index (χ3n) is 4.41. The molecule has 0 saturated heterocycles. The summed E-state index contributed by atoms with van der Waals surface area (Å²) in [5.41, 5.74) is 2.20. The summed E-state index contributed by atoms with van der Waals surface area (Å²) in [6, 6.07) is 7.04. The van der Waals surface area contributed by atoms with Crippen molar-refractivity contribution in [3.8, 4) is 0 Å². The molecule has 0 atom stereocenters. The number of nitrogens with one attached hydrogen (secondary N) is 1. The monoisotopic (exact) mass is 388 g/mol. The number of rotatable bonds is 5. The lowest BCUT2D eigenvalue weighted by molar-refractivity contribution is -0.121. The van der Waals surface area contributed by atoms with Gasteiger partial charge in [0.2, 0.25) is 5.91 Å². The van der Waals surface area contributed by atoms with Crippen molar-refractivity contribution >= 4 is 32.7 Å². The van der Waals surface area contributed by atoms with Gasteiger partial charge in [-0.05, 0) is 50.3 Å². The lowest BCUT2D eigenvalue weighted by Crippen LogP contribution is -2.29. The number of pyridine rings is 1. The highest BCUT2D eigenvalue weighted by molar-refractivity contribution is 9.10. The maximum Gasteiger partial charge on any atom is 0.239 e. The second-order valence-electron chi connectivity index (χ2n) is 6.18. The molecule has 1 aliphatic carbocycles. The fraction of sp³-hybridized carbons (Fsp3) is 0.368. The van der Waals surface area contributed by atoms with Gasteiger partial charge in [-0.1, -0.05) is 27.6 Å². The van der Waals surface area contributed by atoms with Gasteiger partial charge in [-0.3, -0.25) is 9.59 Å². The van der Waals surface area contributed by atoms with Crippen molar-refractivity contribution in [3.05, 3.63) is 56.8 Å². The second-order valence-corrected chi connectivity index (χ2v) is 7.09. The molecular formula is C19H21BrN2O2. The van der Waals surface area contributed by atoms with Gasteiger partial charge < -0.3 is 9.88 Å². The Morgan fingerprint density at radius 2 is 2.12 bits per heavy atom. The van der Waals surface area contributed by atoms with Crippen LogP contribution < -0.4 is 10.7 Å². The summed E-state index contributed by atoms with van der Waals surface area (Å²) in [5, 5.41) is 3.60. The third kappa shape index (κ3) is 4.15. The quantitative estimate of drug-likeness (QED) is 0.792. The molecule has 1 aliphatic rings. The fourth-order valence-corrected chi connectivity index (χ4v) is 3.49. The maximum atomic E-state index is 12.2. The minimum atomic E-state index is -0.0350. The number of allylic oxidation sites excluding steroid dienone is 1. The van der Waals surface area contributed by atoms with Crippen LogP contribution in [0.2, 0.25) is 0 Å². The number of amides is 1. The second kappa shape index (κ2) is 7.79. The molecule has 1 amide bonds. The van der Waals surface area contributed by atoms with E-state index in [2.05, 4.69) is 27.3 Å². The van der Waals surface area contributed by atoms with E-state index in [4.69, 9.17) is 0 Å². The molecule has 0 fully saturated rings. The van der Waals surface area contributed by atoms with E-state index < -0.39 is 0 Å². The van der Waals surface area contributed by atoms with Crippen molar-refractivity contribution < 1.29 is 4.79 Å². The van der Waals surface area contributed by atoms with Gasteiger partial charge in [0, 0.05) is 28.7 Å². The first-order valence-corrected chi connectivity index (χ1v) is 9.16. The van der Waals surface area contributed by atoms with Crippen molar-refractivity contribution in [3.63, 3.8) is 0 Å². The van der Waals surface area contributed by atoms with Gasteiger partial charge in [0.1, 0.15) is 6.54 Å². The molecule has 1 aromatic carbocycles. The first kappa shape index (κ1) is 17.0. The van der Waals surface area contributed by atoms with Crippen LogP contribution in [0.25, 0.3) is 10.9 Å². The van der Waals surface area contributed by atoms with Crippen LogP contribution in [0.15, 0.2) is 51.4 Å². The summed E-state index contributed by atoms with van der Waals surface area (Å²) in [7, 11) is 0. The van der Waals surface area contributed by atoms with E-state index >= 15 is 0 Å². The summed E-state index contributed by atoms with van der Waals surface area (Å²) in [5.74, 6) is -0.0284. The first-order valence-electron chi connectivity index (χ1n) is 8.37. The van der Waals surface area contributed by atoms with Gasteiger partial charge in [0.05, 0.1) is 5.52 Å². The van der Waals surface area contributed by atoms with Crippen molar-refractivity contribution in [1.82, 2.24) is 9.88 Å². The summed E-state index contributed by atoms with van der Waals surface area (Å²) in [4.78, 5) is 24.2. The lowest BCUT2D eigenvalue weighted by atomic mass is 9.97. The summed E-state index contributed by atoms with van der Waals surface area (Å²) >= 11 is 3.38. The Morgan fingerprint density at radius 3 is 2.92 bits per heavy atom. The molecule has 3 rings (SSSR count). The maximum absolute atomic E-state index is 12.2. The van der Waals surface area contributed by atoms with Crippen molar-refractivity contribution in [1.29, 1.82) is 0 Å². The third-order valence-corrected chi connectivity index (χ3v) is 4.90. The molecule has 1 aromatic heterocycles. The predicted molar refractivity (Wildman–Crippen MR) is 100 cm³/mol. The summed E-state index contributed by atoms with van der Waals surface area (Å²) < 4.78 is 2.67. The molecule has 0 radical (unpaired) electrons. The predicted octanol–water partition coefficient (Wildman–Crippen LogP) is 3.77. The Labute approximate surface area is 149 Å². The van der Waals surface area contributed by atoms with Crippen LogP contribution in [-0.4, -0.2) is 17.0 Å². The highest BCUT2D eigenvalue weighted by Crippen LogP contribution is 2.19. The smallest absolute Gasteiger partial charge is 0.239 e. The van der Waals surface area contributed by atoms with Gasteiger partial charge in [-0.15, -0.1) is 0 Å². The summed E-state index contributed by atoms with van der Waals surface area (Å²) in [6.07, 6.45) is 9.80. The number of nitrogens with zero attached hydrogens (tertiary/aromatic N) is 1. The Bertz CT molecular complexity index is 839. The van der Waals surface area contributed by atoms with Gasteiger partial charge in [-0.25, -0.2) is 0 Å². The Hall–Kier alpha value is -1.88. The number of carbonyl (C=O) groups excluding carboxylic acids is 1. The lowest BCUT2D eigenvalue weighted by Gasteiger charge is -2.14. The highest BCUT2D eigenvalue weighted by atomic mass is 79.9. The van der Waals surface area contributed by atoms with E-state index in [1.807, 2.05) is 16.7 Å². The number of carbonyl (C=O) groups is 1. The van der Waals surface area contributed by atoms with Crippen LogP contribution in [0.5, 0.6) is 0 Å². The minimum Gasteiger partial charge on any atom is -0.354 e. The molecule has 1 heterocycles. The molecule has 126 valence electrons. The fourth-order valence-electron chi connectivity index (χ4n) is 3.13. The van der Waals surface area contributed by atoms with Crippen LogP contribution in [-0.2, 0) is 11.3 Å². The normalized spacial score (nSPS) is 14.5. The van der Waals surface area contributed by atoms with Crippen LogP contribution >= 0.6 is 15.9 Å². The first-order chi connectivity index (χ1) is 11.6. The average molecular weight is 389 g/mol. The average Bonchev–Trinajstić information content (AvgIpc) is 2.58. The molecule has 0 spiro atoms. The highest BCUT2D eigenvalue weighted by Gasteiger charge is 2.08. The molecule has 1 N–H and O–H groups in total. The Kier molecular flexibility index (Phi) is 5.51. The van der Waals surface area contributed by atoms with Gasteiger partial charge in [-0.2, -0.15) is 0 Å². The van der Waals surface area contributed by atoms with Crippen molar-refractivity contribution in [2.24, 2.45) is 0 Å². The number of benzene rings is 1. The molecule has 2 aromatic rings. The van der Waals surface area contributed by atoms with E-state index in [0.717, 1.165) is 22.8 Å². The van der Waals surface area contributed by atoms with E-state index in [1.165, 1.54) is 30.9 Å². The topological polar surface area (TPSA) is 51.1 Å². The standard InChI is InChI=1S/C19H21BrN2O2/c20-15-6-7-17-16(12-15)18(23)9-11-22(17)13-19(24)21-10-8-14-4-2-1-3-5-14/h4,6-7,9,11-12H,1-3,5,8,10,13H2,(H,21,24). The van der Waals surface area contributed by atoms with Crippen molar-refractivity contribution in [2.75, 3.05) is 6.54 Å².